The van der Waals surface area contributed by atoms with E-state index in [1.807, 2.05) is 10.6 Å². The lowest BCUT2D eigenvalue weighted by Crippen LogP contribution is -2.28. The summed E-state index contributed by atoms with van der Waals surface area (Å²) in [4.78, 5) is 19.6. The molecule has 2 N–H and O–H groups in total. The molecule has 1 aromatic carbocycles. The minimum atomic E-state index is -0.104. The maximum absolute atomic E-state index is 12.1. The van der Waals surface area contributed by atoms with Gasteiger partial charge in [-0.1, -0.05) is 11.6 Å². The molecule has 0 spiro atoms. The summed E-state index contributed by atoms with van der Waals surface area (Å²) in [5.74, 6) is 1.32. The number of nitrogens with one attached hydrogen (secondary N) is 2. The van der Waals surface area contributed by atoms with Crippen LogP contribution in [0.25, 0.3) is 11.0 Å². The number of amides is 1. The number of halogens is 1. The number of carbonyl (C=O) groups excluding carboxylic acids is 1. The van der Waals surface area contributed by atoms with Crippen molar-refractivity contribution in [3.8, 4) is 0 Å². The molecule has 1 amide bonds. The lowest BCUT2D eigenvalue weighted by molar-refractivity contribution is -0.120. The van der Waals surface area contributed by atoms with Gasteiger partial charge >= 0.3 is 0 Å². The van der Waals surface area contributed by atoms with Crippen molar-refractivity contribution in [1.82, 2.24) is 30.0 Å². The minimum absolute atomic E-state index is 0.104. The van der Waals surface area contributed by atoms with E-state index in [0.29, 0.717) is 37.0 Å². The van der Waals surface area contributed by atoms with Gasteiger partial charge in [0.15, 0.2) is 0 Å². The fourth-order valence-corrected chi connectivity index (χ4v) is 2.67. The first kappa shape index (κ1) is 17.4. The third-order valence-electron chi connectivity index (χ3n) is 3.72. The molecule has 2 heterocycles. The molecule has 8 nitrogen and oxygen atoms in total. The van der Waals surface area contributed by atoms with Crippen LogP contribution in [0.2, 0.25) is 5.02 Å². The average molecular weight is 363 g/mol. The van der Waals surface area contributed by atoms with Crippen molar-refractivity contribution in [2.75, 3.05) is 20.3 Å². The van der Waals surface area contributed by atoms with E-state index in [1.165, 1.54) is 0 Å². The van der Waals surface area contributed by atoms with Crippen molar-refractivity contribution in [2.24, 2.45) is 0 Å². The highest BCUT2D eigenvalue weighted by atomic mass is 35.5. The van der Waals surface area contributed by atoms with Crippen LogP contribution in [-0.2, 0) is 28.9 Å². The first-order valence-corrected chi connectivity index (χ1v) is 8.30. The predicted molar refractivity (Wildman–Crippen MR) is 93.4 cm³/mol. The van der Waals surface area contributed by atoms with Gasteiger partial charge in [-0.05, 0) is 18.2 Å². The first-order chi connectivity index (χ1) is 12.2. The van der Waals surface area contributed by atoms with Gasteiger partial charge in [0.05, 0.1) is 24.1 Å². The van der Waals surface area contributed by atoms with Crippen LogP contribution >= 0.6 is 11.6 Å². The number of carbonyl (C=O) groups is 1. The second-order valence-electron chi connectivity index (χ2n) is 5.56. The van der Waals surface area contributed by atoms with Crippen molar-refractivity contribution in [2.45, 2.75) is 19.4 Å². The molecule has 2 aromatic heterocycles. The number of nitrogens with zero attached hydrogens (tertiary/aromatic N) is 4. The van der Waals surface area contributed by atoms with Crippen LogP contribution in [0.1, 0.15) is 11.6 Å². The Morgan fingerprint density at radius 2 is 2.32 bits per heavy atom. The Kier molecular flexibility index (Phi) is 5.62. The number of aromatic amines is 1. The van der Waals surface area contributed by atoms with Gasteiger partial charge in [-0.2, -0.15) is 0 Å². The Bertz CT molecular complexity index is 859. The molecule has 0 bridgehead atoms. The zero-order valence-corrected chi connectivity index (χ0v) is 14.6. The van der Waals surface area contributed by atoms with Crippen molar-refractivity contribution in [3.63, 3.8) is 0 Å². The van der Waals surface area contributed by atoms with Gasteiger partial charge in [-0.25, -0.2) is 4.98 Å². The highest BCUT2D eigenvalue weighted by molar-refractivity contribution is 6.31. The summed E-state index contributed by atoms with van der Waals surface area (Å²) in [6, 6.07) is 5.38. The van der Waals surface area contributed by atoms with E-state index in [9.17, 15) is 4.79 Å². The summed E-state index contributed by atoms with van der Waals surface area (Å²) in [5.41, 5.74) is 1.61. The predicted octanol–water partition coefficient (Wildman–Crippen LogP) is 1.36. The number of ether oxygens (including phenoxy) is 1. The van der Waals surface area contributed by atoms with Crippen LogP contribution in [0.3, 0.4) is 0 Å². The number of methoxy groups -OCH3 is 1. The van der Waals surface area contributed by atoms with Crippen LogP contribution in [0.15, 0.2) is 24.5 Å². The third kappa shape index (κ3) is 4.55. The van der Waals surface area contributed by atoms with E-state index in [4.69, 9.17) is 16.3 Å². The van der Waals surface area contributed by atoms with Crippen molar-refractivity contribution in [3.05, 3.63) is 41.2 Å². The molecular weight excluding hydrogens is 344 g/mol. The topological polar surface area (TPSA) is 97.7 Å². The van der Waals surface area contributed by atoms with E-state index in [1.54, 1.807) is 25.6 Å². The molecular formula is C16H19ClN6O2. The molecule has 132 valence electrons. The van der Waals surface area contributed by atoms with Crippen LogP contribution in [0, 0.1) is 0 Å². The quantitative estimate of drug-likeness (QED) is 0.630. The molecule has 0 saturated carbocycles. The number of aromatic nitrogens is 5. The molecule has 0 aliphatic carbocycles. The Hall–Kier alpha value is -2.45. The minimum Gasteiger partial charge on any atom is -0.383 e. The number of fused-ring (bicyclic) bond motifs is 1. The Labute approximate surface area is 149 Å². The zero-order chi connectivity index (χ0) is 17.6. The van der Waals surface area contributed by atoms with E-state index in [2.05, 4.69) is 25.5 Å². The molecule has 0 radical (unpaired) electrons. The number of H-pyrrole nitrogens is 1. The summed E-state index contributed by atoms with van der Waals surface area (Å²) < 4.78 is 6.96. The monoisotopic (exact) mass is 362 g/mol. The molecule has 0 unspecified atom stereocenters. The number of hydrogen-bond acceptors (Lipinski definition) is 5. The van der Waals surface area contributed by atoms with E-state index < -0.39 is 0 Å². The summed E-state index contributed by atoms with van der Waals surface area (Å²) in [7, 11) is 1.65. The molecule has 3 aromatic rings. The van der Waals surface area contributed by atoms with Crippen LogP contribution in [0.5, 0.6) is 0 Å². The molecule has 0 fully saturated rings. The molecule has 0 aliphatic heterocycles. The van der Waals surface area contributed by atoms with Gasteiger partial charge in [0.1, 0.15) is 18.0 Å². The number of rotatable bonds is 8. The SMILES string of the molecule is COCCn1cnnc1CCNC(=O)Cc1nc2ccc(Cl)cc2[nH]1. The van der Waals surface area contributed by atoms with Gasteiger partial charge in [-0.15, -0.1) is 10.2 Å². The van der Waals surface area contributed by atoms with Crippen molar-refractivity contribution >= 4 is 28.5 Å². The Balaban J connectivity index is 1.50. The summed E-state index contributed by atoms with van der Waals surface area (Å²) in [5, 5.41) is 11.5. The number of benzene rings is 1. The highest BCUT2D eigenvalue weighted by Gasteiger charge is 2.09. The first-order valence-electron chi connectivity index (χ1n) is 7.92. The maximum atomic E-state index is 12.1. The van der Waals surface area contributed by atoms with Gasteiger partial charge in [0.2, 0.25) is 5.91 Å². The summed E-state index contributed by atoms with van der Waals surface area (Å²) >= 11 is 5.95. The van der Waals surface area contributed by atoms with Gasteiger partial charge in [-0.3, -0.25) is 4.79 Å². The molecule has 0 aliphatic rings. The van der Waals surface area contributed by atoms with E-state index >= 15 is 0 Å². The second kappa shape index (κ2) is 8.09. The van der Waals surface area contributed by atoms with Crippen molar-refractivity contribution in [1.29, 1.82) is 0 Å². The lowest BCUT2D eigenvalue weighted by Gasteiger charge is -2.06. The Morgan fingerprint density at radius 1 is 1.44 bits per heavy atom. The van der Waals surface area contributed by atoms with Crippen molar-refractivity contribution < 1.29 is 9.53 Å². The third-order valence-corrected chi connectivity index (χ3v) is 3.96. The molecule has 3 rings (SSSR count). The molecule has 0 atom stereocenters. The standard InChI is InChI=1S/C16H19ClN6O2/c1-25-7-6-23-10-19-22-15(23)4-5-18-16(24)9-14-20-12-3-2-11(17)8-13(12)21-14/h2-3,8,10H,4-7,9H2,1H3,(H,18,24)(H,20,21). The average Bonchev–Trinajstić information content (AvgIpc) is 3.18. The number of hydrogen-bond donors (Lipinski definition) is 2. The molecule has 0 saturated heterocycles. The van der Waals surface area contributed by atoms with Crippen LogP contribution in [-0.4, -0.2) is 50.9 Å². The fraction of sp³-hybridized carbons (Fsp3) is 0.375. The summed E-state index contributed by atoms with van der Waals surface area (Å²) in [6.07, 6.45) is 2.45. The second-order valence-corrected chi connectivity index (χ2v) is 5.99. The van der Waals surface area contributed by atoms with E-state index in [0.717, 1.165) is 16.9 Å². The summed E-state index contributed by atoms with van der Waals surface area (Å²) in [6.45, 7) is 1.76. The van der Waals surface area contributed by atoms with E-state index in [-0.39, 0.29) is 12.3 Å². The lowest BCUT2D eigenvalue weighted by atomic mass is 10.3. The van der Waals surface area contributed by atoms with Crippen LogP contribution in [0.4, 0.5) is 0 Å². The van der Waals surface area contributed by atoms with Gasteiger partial charge < -0.3 is 19.6 Å². The maximum Gasteiger partial charge on any atom is 0.227 e. The molecule has 25 heavy (non-hydrogen) atoms. The van der Waals surface area contributed by atoms with Gasteiger partial charge in [0, 0.05) is 31.6 Å². The van der Waals surface area contributed by atoms with Crippen LogP contribution < -0.4 is 5.32 Å². The zero-order valence-electron chi connectivity index (χ0n) is 13.8. The smallest absolute Gasteiger partial charge is 0.227 e. The highest BCUT2D eigenvalue weighted by Crippen LogP contribution is 2.17. The normalized spacial score (nSPS) is 11.1. The fourth-order valence-electron chi connectivity index (χ4n) is 2.50. The number of imidazole rings is 1. The molecule has 9 heteroatoms. The Morgan fingerprint density at radius 3 is 3.16 bits per heavy atom. The largest absolute Gasteiger partial charge is 0.383 e. The van der Waals surface area contributed by atoms with Gasteiger partial charge in [0.25, 0.3) is 0 Å².